The molecule has 3 N–H and O–H groups in total. The van der Waals surface area contributed by atoms with Gasteiger partial charge in [-0.2, -0.15) is 0 Å². The molecule has 0 fully saturated rings. The lowest BCUT2D eigenvalue weighted by Crippen LogP contribution is -2.37. The van der Waals surface area contributed by atoms with E-state index in [1.807, 2.05) is 31.2 Å². The van der Waals surface area contributed by atoms with Gasteiger partial charge in [-0.1, -0.05) is 17.7 Å². The lowest BCUT2D eigenvalue weighted by Gasteiger charge is -2.11. The van der Waals surface area contributed by atoms with E-state index in [1.165, 1.54) is 17.3 Å². The zero-order valence-electron chi connectivity index (χ0n) is 9.90. The van der Waals surface area contributed by atoms with Crippen LogP contribution < -0.4 is 11.1 Å². The highest BCUT2D eigenvalue weighted by Crippen LogP contribution is 2.23. The normalized spacial score (nSPS) is 11.9. The first-order chi connectivity index (χ1) is 7.99. The van der Waals surface area contributed by atoms with Gasteiger partial charge in [0.1, 0.15) is 0 Å². The number of hydrogen-bond donors (Lipinski definition) is 2. The van der Waals surface area contributed by atoms with Crippen molar-refractivity contribution in [1.82, 2.24) is 5.32 Å². The Morgan fingerprint density at radius 2 is 1.94 bits per heavy atom. The van der Waals surface area contributed by atoms with Crippen LogP contribution in [0.5, 0.6) is 0 Å². The quantitative estimate of drug-likeness (QED) is 0.770. The molecule has 92 valence electrons. The summed E-state index contributed by atoms with van der Waals surface area (Å²) < 4.78 is 0. The number of amides is 2. The van der Waals surface area contributed by atoms with E-state index in [2.05, 4.69) is 5.32 Å². The molecule has 0 aromatic heterocycles. The van der Waals surface area contributed by atoms with E-state index >= 15 is 0 Å². The summed E-state index contributed by atoms with van der Waals surface area (Å²) in [5, 5.41) is 2.23. The van der Waals surface area contributed by atoms with E-state index in [-0.39, 0.29) is 17.7 Å². The number of aryl methyl sites for hydroxylation is 1. The highest BCUT2D eigenvalue weighted by atomic mass is 32.2. The number of hydrogen-bond acceptors (Lipinski definition) is 3. The van der Waals surface area contributed by atoms with Gasteiger partial charge in [-0.25, -0.2) is 0 Å². The number of rotatable bonds is 5. The SMILES string of the molecule is Cc1ccc(S[C@@H](C)C(=O)NCC(N)=O)cc1. The number of nitrogens with one attached hydrogen (secondary N) is 1. The summed E-state index contributed by atoms with van der Waals surface area (Å²) in [7, 11) is 0. The maximum absolute atomic E-state index is 11.6. The summed E-state index contributed by atoms with van der Waals surface area (Å²) >= 11 is 1.45. The average molecular weight is 252 g/mol. The molecule has 0 saturated heterocycles. The predicted molar refractivity (Wildman–Crippen MR) is 68.7 cm³/mol. The zero-order chi connectivity index (χ0) is 12.8. The molecule has 0 spiro atoms. The van der Waals surface area contributed by atoms with Crippen LogP contribution in [0.4, 0.5) is 0 Å². The molecule has 0 saturated carbocycles. The number of benzene rings is 1. The molecule has 0 bridgehead atoms. The van der Waals surface area contributed by atoms with Crippen molar-refractivity contribution in [3.63, 3.8) is 0 Å². The Morgan fingerprint density at radius 3 is 2.47 bits per heavy atom. The summed E-state index contributed by atoms with van der Waals surface area (Å²) in [6.45, 7) is 3.69. The molecular weight excluding hydrogens is 236 g/mol. The van der Waals surface area contributed by atoms with Crippen molar-refractivity contribution in [3.8, 4) is 0 Å². The molecule has 0 aliphatic heterocycles. The fourth-order valence-electron chi connectivity index (χ4n) is 1.19. The molecule has 0 unspecified atom stereocenters. The van der Waals surface area contributed by atoms with E-state index in [1.54, 1.807) is 6.92 Å². The highest BCUT2D eigenvalue weighted by molar-refractivity contribution is 8.00. The third kappa shape index (κ3) is 4.91. The Bertz CT molecular complexity index is 403. The van der Waals surface area contributed by atoms with Gasteiger partial charge in [-0.15, -0.1) is 11.8 Å². The topological polar surface area (TPSA) is 72.2 Å². The lowest BCUT2D eigenvalue weighted by molar-refractivity contribution is -0.124. The smallest absolute Gasteiger partial charge is 0.236 e. The largest absolute Gasteiger partial charge is 0.368 e. The molecule has 1 atom stereocenters. The van der Waals surface area contributed by atoms with Crippen molar-refractivity contribution in [2.24, 2.45) is 5.73 Å². The molecule has 2 amide bonds. The van der Waals surface area contributed by atoms with Crippen LogP contribution in [0.2, 0.25) is 0 Å². The second kappa shape index (κ2) is 6.30. The average Bonchev–Trinajstić information content (AvgIpc) is 2.28. The maximum Gasteiger partial charge on any atom is 0.236 e. The molecule has 0 radical (unpaired) electrons. The van der Waals surface area contributed by atoms with Crippen molar-refractivity contribution in [2.45, 2.75) is 24.0 Å². The fourth-order valence-corrected chi connectivity index (χ4v) is 2.08. The van der Waals surface area contributed by atoms with Gasteiger partial charge in [0.2, 0.25) is 11.8 Å². The maximum atomic E-state index is 11.6. The minimum atomic E-state index is -0.536. The number of thioether (sulfide) groups is 1. The van der Waals surface area contributed by atoms with E-state index in [0.717, 1.165) is 4.90 Å². The standard InChI is InChI=1S/C12H16N2O2S/c1-8-3-5-10(6-4-8)17-9(2)12(16)14-7-11(13)15/h3-6,9H,7H2,1-2H3,(H2,13,15)(H,14,16)/t9-/m0/s1. The van der Waals surface area contributed by atoms with Gasteiger partial charge in [0, 0.05) is 4.90 Å². The van der Waals surface area contributed by atoms with Crippen LogP contribution in [0.3, 0.4) is 0 Å². The first-order valence-electron chi connectivity index (χ1n) is 5.28. The Balaban J connectivity index is 2.48. The van der Waals surface area contributed by atoms with Gasteiger partial charge < -0.3 is 11.1 Å². The third-order valence-electron chi connectivity index (χ3n) is 2.14. The molecule has 1 rings (SSSR count). The van der Waals surface area contributed by atoms with Gasteiger partial charge >= 0.3 is 0 Å². The van der Waals surface area contributed by atoms with Gasteiger partial charge in [-0.05, 0) is 26.0 Å². The minimum Gasteiger partial charge on any atom is -0.368 e. The van der Waals surface area contributed by atoms with Crippen LogP contribution >= 0.6 is 11.8 Å². The van der Waals surface area contributed by atoms with Crippen LogP contribution in [0.1, 0.15) is 12.5 Å². The van der Waals surface area contributed by atoms with E-state index in [0.29, 0.717) is 0 Å². The second-order valence-electron chi connectivity index (χ2n) is 3.76. The number of carbonyl (C=O) groups is 2. The van der Waals surface area contributed by atoms with E-state index < -0.39 is 5.91 Å². The van der Waals surface area contributed by atoms with Gasteiger partial charge in [0.15, 0.2) is 0 Å². The fraction of sp³-hybridized carbons (Fsp3) is 0.333. The Hall–Kier alpha value is -1.49. The highest BCUT2D eigenvalue weighted by Gasteiger charge is 2.14. The summed E-state index contributed by atoms with van der Waals surface area (Å²) in [5.74, 6) is -0.722. The van der Waals surface area contributed by atoms with Gasteiger partial charge in [0.05, 0.1) is 11.8 Å². The monoisotopic (exact) mass is 252 g/mol. The summed E-state index contributed by atoms with van der Waals surface area (Å²) in [6.07, 6.45) is 0. The number of nitrogens with two attached hydrogens (primary N) is 1. The predicted octanol–water partition coefficient (Wildman–Crippen LogP) is 1.08. The van der Waals surface area contributed by atoms with Crippen LogP contribution in [-0.2, 0) is 9.59 Å². The molecule has 1 aromatic carbocycles. The Labute approximate surface area is 105 Å². The Kier molecular flexibility index (Phi) is 5.03. The van der Waals surface area contributed by atoms with Crippen molar-refractivity contribution >= 4 is 23.6 Å². The summed E-state index contributed by atoms with van der Waals surface area (Å²) in [4.78, 5) is 23.1. The van der Waals surface area contributed by atoms with Crippen molar-refractivity contribution in [2.75, 3.05) is 6.54 Å². The van der Waals surface area contributed by atoms with Crippen LogP contribution in [-0.4, -0.2) is 23.6 Å². The van der Waals surface area contributed by atoms with Gasteiger partial charge in [0.25, 0.3) is 0 Å². The molecular formula is C12H16N2O2S. The van der Waals surface area contributed by atoms with Crippen molar-refractivity contribution in [3.05, 3.63) is 29.8 Å². The first-order valence-corrected chi connectivity index (χ1v) is 6.16. The molecule has 1 aromatic rings. The van der Waals surface area contributed by atoms with Crippen LogP contribution in [0.15, 0.2) is 29.2 Å². The number of carbonyl (C=O) groups excluding carboxylic acids is 2. The number of primary amides is 1. The van der Waals surface area contributed by atoms with Gasteiger partial charge in [-0.3, -0.25) is 9.59 Å². The van der Waals surface area contributed by atoms with Crippen LogP contribution in [0.25, 0.3) is 0 Å². The first kappa shape index (κ1) is 13.6. The molecule has 17 heavy (non-hydrogen) atoms. The second-order valence-corrected chi connectivity index (χ2v) is 5.17. The molecule has 0 aliphatic carbocycles. The van der Waals surface area contributed by atoms with Crippen molar-refractivity contribution in [1.29, 1.82) is 0 Å². The minimum absolute atomic E-state index is 0.113. The molecule has 0 aliphatic rings. The third-order valence-corrected chi connectivity index (χ3v) is 3.25. The van der Waals surface area contributed by atoms with Crippen molar-refractivity contribution < 1.29 is 9.59 Å². The lowest BCUT2D eigenvalue weighted by atomic mass is 10.2. The van der Waals surface area contributed by atoms with Crippen LogP contribution in [0, 0.1) is 6.92 Å². The summed E-state index contributed by atoms with van der Waals surface area (Å²) in [6, 6.07) is 7.93. The Morgan fingerprint density at radius 1 is 1.35 bits per heavy atom. The zero-order valence-corrected chi connectivity index (χ0v) is 10.7. The molecule has 4 nitrogen and oxygen atoms in total. The molecule has 0 heterocycles. The van der Waals surface area contributed by atoms with E-state index in [4.69, 9.17) is 5.73 Å². The molecule has 5 heteroatoms. The summed E-state index contributed by atoms with van der Waals surface area (Å²) in [5.41, 5.74) is 6.13. The van der Waals surface area contributed by atoms with E-state index in [9.17, 15) is 9.59 Å².